The molecule has 1 amide bonds. The van der Waals surface area contributed by atoms with Crippen molar-refractivity contribution < 1.29 is 14.7 Å². The Hall–Kier alpha value is -3.13. The molecular weight excluding hydrogens is 370 g/mol. The van der Waals surface area contributed by atoms with Crippen LogP contribution in [0.3, 0.4) is 0 Å². The molecule has 0 aliphatic heterocycles. The highest BCUT2D eigenvalue weighted by Crippen LogP contribution is 2.21. The fourth-order valence-corrected chi connectivity index (χ4v) is 2.75. The molecule has 8 nitrogen and oxygen atoms in total. The van der Waals surface area contributed by atoms with Gasteiger partial charge in [-0.05, 0) is 12.5 Å². The lowest BCUT2D eigenvalue weighted by Gasteiger charge is -2.03. The van der Waals surface area contributed by atoms with E-state index in [1.54, 1.807) is 10.9 Å². The second kappa shape index (κ2) is 8.05. The van der Waals surface area contributed by atoms with Gasteiger partial charge >= 0.3 is 5.97 Å². The van der Waals surface area contributed by atoms with E-state index >= 15 is 0 Å². The van der Waals surface area contributed by atoms with Crippen LogP contribution in [0.15, 0.2) is 42.9 Å². The van der Waals surface area contributed by atoms with Crippen molar-refractivity contribution in [2.24, 2.45) is 0 Å². The molecule has 2 heterocycles. The van der Waals surface area contributed by atoms with Crippen LogP contribution in [0.4, 0.5) is 5.82 Å². The molecule has 0 radical (unpaired) electrons. The largest absolute Gasteiger partial charge is 0.481 e. The first-order valence-corrected chi connectivity index (χ1v) is 8.62. The molecule has 0 saturated heterocycles. The van der Waals surface area contributed by atoms with Gasteiger partial charge in [0, 0.05) is 12.4 Å². The second-order valence-electron chi connectivity index (χ2n) is 6.10. The highest BCUT2D eigenvalue weighted by molar-refractivity contribution is 6.33. The van der Waals surface area contributed by atoms with Gasteiger partial charge in [0.1, 0.15) is 5.02 Å². The zero-order valence-electron chi connectivity index (χ0n) is 14.6. The van der Waals surface area contributed by atoms with Gasteiger partial charge in [-0.15, -0.1) is 0 Å². The lowest BCUT2D eigenvalue weighted by atomic mass is 10.1. The van der Waals surface area contributed by atoms with Crippen molar-refractivity contribution in [3.63, 3.8) is 0 Å². The number of aromatic nitrogens is 4. The van der Waals surface area contributed by atoms with Crippen LogP contribution >= 0.6 is 11.6 Å². The molecule has 9 heteroatoms. The zero-order chi connectivity index (χ0) is 19.4. The van der Waals surface area contributed by atoms with Crippen LogP contribution in [0.5, 0.6) is 0 Å². The standard InChI is InChI=1S/C18H18ClN5O3/c1-12-3-2-4-13(7-12)9-24-11-15(19)17(22-24)21-18(27)14-8-20-23(10-14)6-5-16(25)26/h2-4,7-8,10-11H,5-6,9H2,1H3,(H,25,26)(H,21,22,27). The number of carbonyl (C=O) groups excluding carboxylic acids is 1. The summed E-state index contributed by atoms with van der Waals surface area (Å²) in [6, 6.07) is 8.04. The maximum atomic E-state index is 12.3. The predicted octanol–water partition coefficient (Wildman–Crippen LogP) is 2.82. The molecule has 27 heavy (non-hydrogen) atoms. The molecule has 0 saturated carbocycles. The Morgan fingerprint density at radius 2 is 2.07 bits per heavy atom. The molecule has 0 spiro atoms. The summed E-state index contributed by atoms with van der Waals surface area (Å²) >= 11 is 6.18. The SMILES string of the molecule is Cc1cccc(Cn2cc(Cl)c(NC(=O)c3cnn(CCC(=O)O)c3)n2)c1. The number of nitrogens with one attached hydrogen (secondary N) is 1. The summed E-state index contributed by atoms with van der Waals surface area (Å²) in [6.07, 6.45) is 4.43. The molecule has 3 aromatic rings. The number of carboxylic acids is 1. The monoisotopic (exact) mass is 387 g/mol. The normalized spacial score (nSPS) is 10.7. The Labute approximate surface area is 160 Å². The summed E-state index contributed by atoms with van der Waals surface area (Å²) in [7, 11) is 0. The first-order chi connectivity index (χ1) is 12.9. The molecule has 2 aromatic heterocycles. The average Bonchev–Trinajstić information content (AvgIpc) is 3.20. The minimum Gasteiger partial charge on any atom is -0.481 e. The molecule has 0 atom stereocenters. The van der Waals surface area contributed by atoms with E-state index in [2.05, 4.69) is 21.6 Å². The van der Waals surface area contributed by atoms with Crippen molar-refractivity contribution in [3.8, 4) is 0 Å². The summed E-state index contributed by atoms with van der Waals surface area (Å²) in [5.41, 5.74) is 2.52. The number of aliphatic carboxylic acids is 1. The molecule has 2 N–H and O–H groups in total. The predicted molar refractivity (Wildman–Crippen MR) is 100.0 cm³/mol. The van der Waals surface area contributed by atoms with E-state index in [0.717, 1.165) is 11.1 Å². The first kappa shape index (κ1) is 18.7. The van der Waals surface area contributed by atoms with E-state index in [0.29, 0.717) is 17.1 Å². The van der Waals surface area contributed by atoms with Crippen LogP contribution in [0.25, 0.3) is 0 Å². The Balaban J connectivity index is 1.66. The van der Waals surface area contributed by atoms with Gasteiger partial charge in [-0.25, -0.2) is 0 Å². The van der Waals surface area contributed by atoms with Crippen molar-refractivity contribution in [2.75, 3.05) is 5.32 Å². The van der Waals surface area contributed by atoms with Crippen LogP contribution in [-0.4, -0.2) is 36.5 Å². The number of anilines is 1. The Kier molecular flexibility index (Phi) is 5.56. The Bertz CT molecular complexity index is 979. The number of benzene rings is 1. The third-order valence-electron chi connectivity index (χ3n) is 3.83. The number of carboxylic acid groups (broad SMARTS) is 1. The number of nitrogens with zero attached hydrogens (tertiary/aromatic N) is 4. The number of rotatable bonds is 7. The van der Waals surface area contributed by atoms with Crippen molar-refractivity contribution in [3.05, 3.63) is 64.6 Å². The smallest absolute Gasteiger partial charge is 0.305 e. The minimum absolute atomic E-state index is 0.0715. The van der Waals surface area contributed by atoms with Gasteiger partial charge in [-0.3, -0.25) is 19.0 Å². The minimum atomic E-state index is -0.928. The van der Waals surface area contributed by atoms with Gasteiger partial charge in [0.15, 0.2) is 5.82 Å². The van der Waals surface area contributed by atoms with E-state index in [4.69, 9.17) is 16.7 Å². The lowest BCUT2D eigenvalue weighted by Crippen LogP contribution is -2.12. The highest BCUT2D eigenvalue weighted by atomic mass is 35.5. The van der Waals surface area contributed by atoms with Crippen LogP contribution in [0, 0.1) is 6.92 Å². The molecule has 0 fully saturated rings. The summed E-state index contributed by atoms with van der Waals surface area (Å²) < 4.78 is 3.06. The van der Waals surface area contributed by atoms with E-state index in [1.807, 2.05) is 25.1 Å². The number of hydrogen-bond donors (Lipinski definition) is 2. The van der Waals surface area contributed by atoms with Gasteiger partial charge < -0.3 is 10.4 Å². The highest BCUT2D eigenvalue weighted by Gasteiger charge is 2.14. The maximum Gasteiger partial charge on any atom is 0.305 e. The Morgan fingerprint density at radius 3 is 2.81 bits per heavy atom. The second-order valence-corrected chi connectivity index (χ2v) is 6.51. The van der Waals surface area contributed by atoms with Gasteiger partial charge in [0.25, 0.3) is 5.91 Å². The lowest BCUT2D eigenvalue weighted by molar-refractivity contribution is -0.137. The van der Waals surface area contributed by atoms with Crippen LogP contribution in [0.1, 0.15) is 27.9 Å². The third-order valence-corrected chi connectivity index (χ3v) is 4.10. The number of aryl methyl sites for hydroxylation is 2. The third kappa shape index (κ3) is 4.95. The summed E-state index contributed by atoms with van der Waals surface area (Å²) in [4.78, 5) is 22.9. The van der Waals surface area contributed by atoms with Crippen molar-refractivity contribution in [2.45, 2.75) is 26.4 Å². The van der Waals surface area contributed by atoms with Crippen LogP contribution < -0.4 is 5.32 Å². The van der Waals surface area contributed by atoms with Crippen molar-refractivity contribution in [1.82, 2.24) is 19.6 Å². The summed E-state index contributed by atoms with van der Waals surface area (Å²) in [5.74, 6) is -1.09. The van der Waals surface area contributed by atoms with E-state index in [-0.39, 0.29) is 18.8 Å². The number of carbonyl (C=O) groups is 2. The van der Waals surface area contributed by atoms with Gasteiger partial charge in [-0.1, -0.05) is 41.4 Å². The fraction of sp³-hybridized carbons (Fsp3) is 0.222. The van der Waals surface area contributed by atoms with Crippen LogP contribution in [-0.2, 0) is 17.9 Å². The van der Waals surface area contributed by atoms with Crippen LogP contribution in [0.2, 0.25) is 5.02 Å². The molecule has 3 rings (SSSR count). The molecule has 0 aliphatic rings. The molecule has 0 unspecified atom stereocenters. The molecule has 1 aromatic carbocycles. The van der Waals surface area contributed by atoms with Gasteiger partial charge in [0.05, 0.1) is 31.3 Å². The summed E-state index contributed by atoms with van der Waals surface area (Å²) in [5, 5.41) is 20.0. The molecule has 0 aliphatic carbocycles. The van der Waals surface area contributed by atoms with E-state index in [9.17, 15) is 9.59 Å². The van der Waals surface area contributed by atoms with Crippen molar-refractivity contribution in [1.29, 1.82) is 0 Å². The quantitative estimate of drug-likeness (QED) is 0.649. The number of hydrogen-bond acceptors (Lipinski definition) is 4. The maximum absolute atomic E-state index is 12.3. The van der Waals surface area contributed by atoms with E-state index < -0.39 is 11.9 Å². The van der Waals surface area contributed by atoms with Gasteiger partial charge in [0.2, 0.25) is 0 Å². The summed E-state index contributed by atoms with van der Waals surface area (Å²) in [6.45, 7) is 2.74. The van der Waals surface area contributed by atoms with E-state index in [1.165, 1.54) is 17.1 Å². The molecule has 0 bridgehead atoms. The molecule has 140 valence electrons. The Morgan fingerprint density at radius 1 is 1.26 bits per heavy atom. The van der Waals surface area contributed by atoms with Crippen molar-refractivity contribution >= 4 is 29.3 Å². The number of amides is 1. The average molecular weight is 388 g/mol. The van der Waals surface area contributed by atoms with Gasteiger partial charge in [-0.2, -0.15) is 10.2 Å². The zero-order valence-corrected chi connectivity index (χ0v) is 15.3. The fourth-order valence-electron chi connectivity index (χ4n) is 2.55. The number of halogens is 1. The molecular formula is C18H18ClN5O3. The first-order valence-electron chi connectivity index (χ1n) is 8.25. The topological polar surface area (TPSA) is 102 Å².